The predicted octanol–water partition coefficient (Wildman–Crippen LogP) is 5.00. The number of ketones is 1. The lowest BCUT2D eigenvalue weighted by molar-refractivity contribution is 0.0962. The molecule has 0 saturated heterocycles. The van der Waals surface area contributed by atoms with E-state index in [4.69, 9.17) is 4.98 Å². The summed E-state index contributed by atoms with van der Waals surface area (Å²) in [6.45, 7) is 5.89. The average Bonchev–Trinajstić information content (AvgIpc) is 2.73. The van der Waals surface area contributed by atoms with Crippen molar-refractivity contribution in [3.63, 3.8) is 0 Å². The molecule has 6 nitrogen and oxygen atoms in total. The van der Waals surface area contributed by atoms with Crippen LogP contribution >= 0.6 is 0 Å². The van der Waals surface area contributed by atoms with Crippen molar-refractivity contribution in [2.45, 2.75) is 39.5 Å². The minimum atomic E-state index is 0.106. The summed E-state index contributed by atoms with van der Waals surface area (Å²) in [7, 11) is 0. The Bertz CT molecular complexity index is 1330. The highest BCUT2D eigenvalue weighted by Gasteiger charge is 2.30. The molecule has 31 heavy (non-hydrogen) atoms. The molecule has 2 heterocycles. The molecule has 0 amide bonds. The van der Waals surface area contributed by atoms with Gasteiger partial charge in [-0.1, -0.05) is 48.0 Å². The number of hydrogen-bond acceptors (Lipinski definition) is 6. The van der Waals surface area contributed by atoms with E-state index >= 15 is 0 Å². The summed E-state index contributed by atoms with van der Waals surface area (Å²) in [6.07, 6.45) is 1.20. The van der Waals surface area contributed by atoms with Crippen LogP contribution in [0.4, 0.5) is 11.9 Å². The number of aryl methyl sites for hydroxylation is 3. The summed E-state index contributed by atoms with van der Waals surface area (Å²) in [4.78, 5) is 31.3. The number of benzene rings is 2. The Morgan fingerprint density at radius 3 is 2.45 bits per heavy atom. The first-order valence-corrected chi connectivity index (χ1v) is 10.5. The van der Waals surface area contributed by atoms with E-state index in [1.807, 2.05) is 44.2 Å². The highest BCUT2D eigenvalue weighted by Crippen LogP contribution is 2.34. The number of carbonyl (C=O) groups excluding carboxylic acids is 1. The summed E-state index contributed by atoms with van der Waals surface area (Å²) in [5.74, 6) is 1.10. The van der Waals surface area contributed by atoms with Crippen LogP contribution in [0, 0.1) is 20.8 Å². The Hall–Kier alpha value is -3.67. The molecule has 1 atom stereocenters. The number of Topliss-reactive ketones (excluding diaryl/α,β-unsaturated/α-hetero) is 1. The van der Waals surface area contributed by atoms with Gasteiger partial charge in [-0.05, 0) is 44.7 Å². The monoisotopic (exact) mass is 409 g/mol. The van der Waals surface area contributed by atoms with Crippen LogP contribution in [0.15, 0.2) is 48.5 Å². The molecule has 6 heteroatoms. The normalized spacial score (nSPS) is 15.7. The Kier molecular flexibility index (Phi) is 4.70. The van der Waals surface area contributed by atoms with Gasteiger partial charge in [0.15, 0.2) is 5.78 Å². The molecule has 0 fully saturated rings. The van der Waals surface area contributed by atoms with E-state index in [-0.39, 0.29) is 11.7 Å². The molecule has 154 valence electrons. The Labute approximate surface area is 180 Å². The van der Waals surface area contributed by atoms with E-state index in [1.165, 1.54) is 11.1 Å². The van der Waals surface area contributed by atoms with Gasteiger partial charge in [0, 0.05) is 11.8 Å². The van der Waals surface area contributed by atoms with Crippen molar-refractivity contribution in [2.24, 2.45) is 0 Å². The minimum Gasteiger partial charge on any atom is -0.294 e. The van der Waals surface area contributed by atoms with Crippen molar-refractivity contribution >= 4 is 28.6 Å². The fraction of sp³-hybridized carbons (Fsp3) is 0.240. The molecule has 2 aromatic carbocycles. The Morgan fingerprint density at radius 2 is 1.61 bits per heavy atom. The van der Waals surface area contributed by atoms with E-state index in [1.54, 1.807) is 0 Å². The van der Waals surface area contributed by atoms with Crippen LogP contribution in [0.3, 0.4) is 0 Å². The van der Waals surface area contributed by atoms with Gasteiger partial charge in [-0.2, -0.15) is 0 Å². The molecule has 4 aromatic rings. The van der Waals surface area contributed by atoms with E-state index in [9.17, 15) is 4.79 Å². The summed E-state index contributed by atoms with van der Waals surface area (Å²) in [5.41, 5.74) is 6.26. The largest absolute Gasteiger partial charge is 0.294 e. The first-order valence-electron chi connectivity index (χ1n) is 10.5. The number of rotatable bonds is 3. The molecule has 0 spiro atoms. The van der Waals surface area contributed by atoms with Crippen LogP contribution in [-0.4, -0.2) is 25.7 Å². The van der Waals surface area contributed by atoms with E-state index in [0.29, 0.717) is 36.0 Å². The van der Waals surface area contributed by atoms with Crippen molar-refractivity contribution in [3.8, 4) is 0 Å². The average molecular weight is 409 g/mol. The zero-order chi connectivity index (χ0) is 21.5. The van der Waals surface area contributed by atoms with Gasteiger partial charge in [0.2, 0.25) is 11.9 Å². The zero-order valence-corrected chi connectivity index (χ0v) is 17.8. The van der Waals surface area contributed by atoms with Crippen LogP contribution in [-0.2, 0) is 6.42 Å². The smallest absolute Gasteiger partial charge is 0.230 e. The van der Waals surface area contributed by atoms with Crippen molar-refractivity contribution in [3.05, 3.63) is 82.3 Å². The molecule has 0 radical (unpaired) electrons. The fourth-order valence-electron chi connectivity index (χ4n) is 4.38. The maximum absolute atomic E-state index is 12.9. The van der Waals surface area contributed by atoms with Crippen LogP contribution in [0.2, 0.25) is 0 Å². The highest BCUT2D eigenvalue weighted by atomic mass is 16.1. The van der Waals surface area contributed by atoms with E-state index in [2.05, 4.69) is 45.4 Å². The van der Waals surface area contributed by atoms with Gasteiger partial charge in [-0.15, -0.1) is 0 Å². The summed E-state index contributed by atoms with van der Waals surface area (Å²) in [6, 6.07) is 16.3. The lowest BCUT2D eigenvalue weighted by Gasteiger charge is -2.25. The first-order chi connectivity index (χ1) is 15.0. The van der Waals surface area contributed by atoms with Crippen molar-refractivity contribution < 1.29 is 4.79 Å². The van der Waals surface area contributed by atoms with Gasteiger partial charge in [-0.3, -0.25) is 10.1 Å². The number of hydrogen-bond donors (Lipinski definition) is 1. The lowest BCUT2D eigenvalue weighted by atomic mass is 9.81. The molecular formula is C25H23N5O. The van der Waals surface area contributed by atoms with Gasteiger partial charge in [-0.25, -0.2) is 19.9 Å². The molecule has 0 unspecified atom stereocenters. The van der Waals surface area contributed by atoms with Gasteiger partial charge in [0.25, 0.3) is 0 Å². The second-order valence-corrected chi connectivity index (χ2v) is 8.17. The zero-order valence-electron chi connectivity index (χ0n) is 17.8. The standard InChI is InChI=1S/C25H23N5O/c1-14-7-6-8-17(11-14)18-12-21-23(22(31)13-18)16(3)27-25(29-21)30-24-26-15(2)19-9-4-5-10-20(19)28-24/h4-11,18H,12-13H2,1-3H3,(H,26,27,28,29,30)/t18-/m0/s1. The van der Waals surface area contributed by atoms with Crippen LogP contribution < -0.4 is 5.32 Å². The summed E-state index contributed by atoms with van der Waals surface area (Å²) < 4.78 is 0. The van der Waals surface area contributed by atoms with Crippen molar-refractivity contribution in [1.29, 1.82) is 0 Å². The number of para-hydroxylation sites is 1. The van der Waals surface area contributed by atoms with Gasteiger partial charge >= 0.3 is 0 Å². The van der Waals surface area contributed by atoms with Crippen LogP contribution in [0.1, 0.15) is 50.9 Å². The maximum atomic E-state index is 12.9. The van der Waals surface area contributed by atoms with Crippen LogP contribution in [0.25, 0.3) is 10.9 Å². The highest BCUT2D eigenvalue weighted by molar-refractivity contribution is 5.99. The lowest BCUT2D eigenvalue weighted by Crippen LogP contribution is -2.23. The number of aromatic nitrogens is 4. The fourth-order valence-corrected chi connectivity index (χ4v) is 4.38. The number of anilines is 2. The predicted molar refractivity (Wildman–Crippen MR) is 121 cm³/mol. The molecule has 0 aliphatic heterocycles. The Balaban J connectivity index is 1.50. The molecule has 1 aliphatic carbocycles. The van der Waals surface area contributed by atoms with E-state index < -0.39 is 0 Å². The summed E-state index contributed by atoms with van der Waals surface area (Å²) in [5, 5.41) is 4.17. The third kappa shape index (κ3) is 3.65. The molecule has 5 rings (SSSR count). The quantitative estimate of drug-likeness (QED) is 0.513. The molecule has 1 aliphatic rings. The van der Waals surface area contributed by atoms with Crippen molar-refractivity contribution in [2.75, 3.05) is 5.32 Å². The topological polar surface area (TPSA) is 80.7 Å². The molecule has 0 bridgehead atoms. The number of nitrogens with zero attached hydrogens (tertiary/aromatic N) is 4. The second-order valence-electron chi connectivity index (χ2n) is 8.17. The van der Waals surface area contributed by atoms with E-state index in [0.717, 1.165) is 22.3 Å². The minimum absolute atomic E-state index is 0.106. The maximum Gasteiger partial charge on any atom is 0.230 e. The third-order valence-electron chi connectivity index (χ3n) is 5.85. The van der Waals surface area contributed by atoms with Gasteiger partial charge in [0.05, 0.1) is 28.2 Å². The SMILES string of the molecule is Cc1cccc([C@@H]2CC(=O)c3c(C)nc(Nc4nc(C)c5ccccc5n4)nc3C2)c1. The van der Waals surface area contributed by atoms with Crippen molar-refractivity contribution in [1.82, 2.24) is 19.9 Å². The summed E-state index contributed by atoms with van der Waals surface area (Å²) >= 11 is 0. The number of nitrogens with one attached hydrogen (secondary N) is 1. The van der Waals surface area contributed by atoms with Gasteiger partial charge in [0.1, 0.15) is 0 Å². The number of carbonyl (C=O) groups is 1. The molecule has 0 saturated carbocycles. The molecule has 1 N–H and O–H groups in total. The number of fused-ring (bicyclic) bond motifs is 2. The third-order valence-corrected chi connectivity index (χ3v) is 5.85. The first kappa shape index (κ1) is 19.3. The molecule has 2 aromatic heterocycles. The second kappa shape index (κ2) is 7.54. The Morgan fingerprint density at radius 1 is 0.839 bits per heavy atom. The van der Waals surface area contributed by atoms with Crippen LogP contribution in [0.5, 0.6) is 0 Å². The van der Waals surface area contributed by atoms with Gasteiger partial charge < -0.3 is 0 Å². The molecular weight excluding hydrogens is 386 g/mol.